The first-order valence-electron chi connectivity index (χ1n) is 10.5. The summed E-state index contributed by atoms with van der Waals surface area (Å²) in [7, 11) is 0. The third-order valence-corrected chi connectivity index (χ3v) is 5.26. The number of phenolic OH excluding ortho intramolecular Hbond substituents is 1. The summed E-state index contributed by atoms with van der Waals surface area (Å²) in [5.41, 5.74) is 2.59. The number of rotatable bonds is 4. The second kappa shape index (κ2) is 8.32. The fourth-order valence-corrected chi connectivity index (χ4v) is 3.69. The topological polar surface area (TPSA) is 87.7 Å². The van der Waals surface area contributed by atoms with Gasteiger partial charge < -0.3 is 20.5 Å². The third kappa shape index (κ3) is 4.79. The molecule has 166 valence electrons. The molecule has 3 N–H and O–H groups in total. The minimum absolute atomic E-state index is 0.0701. The van der Waals surface area contributed by atoms with Crippen LogP contribution in [0.5, 0.6) is 5.75 Å². The largest absolute Gasteiger partial charge is 0.507 e. The van der Waals surface area contributed by atoms with Gasteiger partial charge in [0.15, 0.2) is 0 Å². The van der Waals surface area contributed by atoms with Crippen LogP contribution in [-0.4, -0.2) is 23.7 Å². The van der Waals surface area contributed by atoms with Crippen LogP contribution in [0, 0.1) is 5.92 Å². The highest BCUT2D eigenvalue weighted by Gasteiger charge is 2.37. The van der Waals surface area contributed by atoms with E-state index in [1.807, 2.05) is 67.5 Å². The normalized spacial score (nSPS) is 17.7. The number of phenols is 1. The number of carbonyl (C=O) groups is 2. The fourth-order valence-electron chi connectivity index (χ4n) is 3.69. The molecule has 0 saturated carbocycles. The Hall–Kier alpha value is -2.50. The quantitative estimate of drug-likeness (QED) is 0.615. The lowest BCUT2D eigenvalue weighted by atomic mass is 9.77. The SMILES string of the molecule is CCOC(=O)C1=C(C(C)C)NC(=O)NC1c1cc(C(C)(C)C)c(O)c(C(C)(C)C)c1. The van der Waals surface area contributed by atoms with Crippen molar-refractivity contribution >= 4 is 12.0 Å². The highest BCUT2D eigenvalue weighted by molar-refractivity contribution is 5.95. The highest BCUT2D eigenvalue weighted by Crippen LogP contribution is 2.42. The number of urea groups is 1. The molecule has 1 aliphatic heterocycles. The molecular weight excluding hydrogens is 380 g/mol. The Balaban J connectivity index is 2.83. The van der Waals surface area contributed by atoms with E-state index in [1.165, 1.54) is 0 Å². The van der Waals surface area contributed by atoms with Crippen LogP contribution in [0.15, 0.2) is 23.4 Å². The van der Waals surface area contributed by atoms with Crippen molar-refractivity contribution in [1.82, 2.24) is 10.6 Å². The van der Waals surface area contributed by atoms with Gasteiger partial charge >= 0.3 is 12.0 Å². The van der Waals surface area contributed by atoms with Crippen LogP contribution in [0.25, 0.3) is 0 Å². The first-order chi connectivity index (χ1) is 13.7. The minimum atomic E-state index is -0.669. The van der Waals surface area contributed by atoms with Crippen LogP contribution < -0.4 is 10.6 Å². The first kappa shape index (κ1) is 23.8. The predicted molar refractivity (Wildman–Crippen MR) is 118 cm³/mol. The van der Waals surface area contributed by atoms with Crippen LogP contribution in [0.2, 0.25) is 0 Å². The van der Waals surface area contributed by atoms with Gasteiger partial charge in [-0.15, -0.1) is 0 Å². The molecule has 1 aliphatic rings. The van der Waals surface area contributed by atoms with Crippen LogP contribution in [0.1, 0.15) is 85.0 Å². The predicted octanol–water partition coefficient (Wildman–Crippen LogP) is 4.81. The van der Waals surface area contributed by atoms with Gasteiger partial charge in [0.2, 0.25) is 0 Å². The number of hydrogen-bond donors (Lipinski definition) is 3. The lowest BCUT2D eigenvalue weighted by Gasteiger charge is -2.33. The van der Waals surface area contributed by atoms with E-state index < -0.39 is 12.0 Å². The van der Waals surface area contributed by atoms with Crippen molar-refractivity contribution in [2.24, 2.45) is 5.92 Å². The molecule has 2 amide bonds. The second-order valence-electron chi connectivity index (χ2n) is 10.2. The maximum Gasteiger partial charge on any atom is 0.338 e. The lowest BCUT2D eigenvalue weighted by molar-refractivity contribution is -0.139. The minimum Gasteiger partial charge on any atom is -0.507 e. The van der Waals surface area contributed by atoms with Crippen molar-refractivity contribution in [3.63, 3.8) is 0 Å². The average molecular weight is 417 g/mol. The van der Waals surface area contributed by atoms with Gasteiger partial charge in [-0.2, -0.15) is 0 Å². The summed E-state index contributed by atoms with van der Waals surface area (Å²) in [5, 5.41) is 16.7. The molecule has 6 nitrogen and oxygen atoms in total. The molecule has 0 aromatic heterocycles. The van der Waals surface area contributed by atoms with Crippen LogP contribution in [-0.2, 0) is 20.4 Å². The molecule has 6 heteroatoms. The first-order valence-corrected chi connectivity index (χ1v) is 10.5. The standard InChI is InChI=1S/C24H36N2O4/c1-10-30-21(28)17-18(13(2)3)25-22(29)26-19(17)14-11-15(23(4,5)6)20(27)16(12-14)24(7,8)9/h11-13,19,27H,10H2,1-9H3,(H2,25,26,29). The number of ether oxygens (including phenoxy) is 1. The summed E-state index contributed by atoms with van der Waals surface area (Å²) in [4.78, 5) is 25.4. The Morgan fingerprint density at radius 1 is 1.10 bits per heavy atom. The number of allylic oxidation sites excluding steroid dienone is 1. The molecule has 0 aliphatic carbocycles. The summed E-state index contributed by atoms with van der Waals surface area (Å²) in [6, 6.07) is 2.74. The van der Waals surface area contributed by atoms with E-state index >= 15 is 0 Å². The van der Waals surface area contributed by atoms with Gasteiger partial charge in [-0.3, -0.25) is 0 Å². The molecule has 0 radical (unpaired) electrons. The molecule has 0 bridgehead atoms. The van der Waals surface area contributed by atoms with E-state index in [-0.39, 0.29) is 35.1 Å². The molecule has 2 rings (SSSR count). The Labute approximate surface area is 180 Å². The zero-order valence-electron chi connectivity index (χ0n) is 19.7. The molecule has 0 saturated heterocycles. The van der Waals surface area contributed by atoms with E-state index in [4.69, 9.17) is 4.74 Å². The monoisotopic (exact) mass is 416 g/mol. The van der Waals surface area contributed by atoms with Crippen molar-refractivity contribution < 1.29 is 19.4 Å². The number of esters is 1. The van der Waals surface area contributed by atoms with E-state index in [9.17, 15) is 14.7 Å². The van der Waals surface area contributed by atoms with E-state index in [2.05, 4.69) is 10.6 Å². The smallest absolute Gasteiger partial charge is 0.338 e. The van der Waals surface area contributed by atoms with Gasteiger partial charge in [0.05, 0.1) is 18.2 Å². The fraction of sp³-hybridized carbons (Fsp3) is 0.583. The van der Waals surface area contributed by atoms with E-state index in [0.29, 0.717) is 11.3 Å². The van der Waals surface area contributed by atoms with E-state index in [1.54, 1.807) is 6.92 Å². The third-order valence-electron chi connectivity index (χ3n) is 5.26. The lowest BCUT2D eigenvalue weighted by Crippen LogP contribution is -2.47. The van der Waals surface area contributed by atoms with Gasteiger partial charge in [0, 0.05) is 5.70 Å². The molecule has 1 aromatic carbocycles. The number of benzene rings is 1. The Morgan fingerprint density at radius 2 is 1.60 bits per heavy atom. The molecule has 1 atom stereocenters. The zero-order chi connectivity index (χ0) is 23.0. The highest BCUT2D eigenvalue weighted by atomic mass is 16.5. The maximum atomic E-state index is 12.9. The summed E-state index contributed by atoms with van der Waals surface area (Å²) < 4.78 is 5.33. The van der Waals surface area contributed by atoms with E-state index in [0.717, 1.165) is 16.7 Å². The molecule has 30 heavy (non-hydrogen) atoms. The van der Waals surface area contributed by atoms with Gasteiger partial charge in [-0.1, -0.05) is 55.4 Å². The van der Waals surface area contributed by atoms with Crippen molar-refractivity contribution in [2.75, 3.05) is 6.61 Å². The second-order valence-corrected chi connectivity index (χ2v) is 10.2. The van der Waals surface area contributed by atoms with Crippen molar-refractivity contribution in [3.8, 4) is 5.75 Å². The molecule has 0 fully saturated rings. The van der Waals surface area contributed by atoms with Gasteiger partial charge in [-0.25, -0.2) is 9.59 Å². The van der Waals surface area contributed by atoms with Gasteiger partial charge in [-0.05, 0) is 52.5 Å². The molecule has 0 spiro atoms. The molecule has 1 aromatic rings. The Bertz CT molecular complexity index is 835. The van der Waals surface area contributed by atoms with Crippen molar-refractivity contribution in [1.29, 1.82) is 0 Å². The van der Waals surface area contributed by atoms with Crippen molar-refractivity contribution in [3.05, 3.63) is 40.1 Å². The van der Waals surface area contributed by atoms with Crippen LogP contribution in [0.3, 0.4) is 0 Å². The summed E-state index contributed by atoms with van der Waals surface area (Å²) >= 11 is 0. The van der Waals surface area contributed by atoms with Crippen LogP contribution in [0.4, 0.5) is 4.79 Å². The Kier molecular flexibility index (Phi) is 6.60. The van der Waals surface area contributed by atoms with Gasteiger partial charge in [0.25, 0.3) is 0 Å². The molecular formula is C24H36N2O4. The van der Waals surface area contributed by atoms with Crippen molar-refractivity contribution in [2.45, 2.75) is 79.2 Å². The Morgan fingerprint density at radius 3 is 2.00 bits per heavy atom. The number of amides is 2. The maximum absolute atomic E-state index is 12.9. The number of nitrogens with one attached hydrogen (secondary N) is 2. The summed E-state index contributed by atoms with van der Waals surface area (Å²) in [5.74, 6) is -0.273. The van der Waals surface area contributed by atoms with Crippen LogP contribution >= 0.6 is 0 Å². The molecule has 1 unspecified atom stereocenters. The molecule has 1 heterocycles. The zero-order valence-corrected chi connectivity index (χ0v) is 19.7. The average Bonchev–Trinajstić information content (AvgIpc) is 2.59. The summed E-state index contributed by atoms with van der Waals surface area (Å²) in [6.45, 7) is 18.0. The summed E-state index contributed by atoms with van der Waals surface area (Å²) in [6.07, 6.45) is 0. The number of aromatic hydroxyl groups is 1. The van der Waals surface area contributed by atoms with Gasteiger partial charge in [0.1, 0.15) is 5.75 Å². The number of hydrogen-bond acceptors (Lipinski definition) is 4. The number of carbonyl (C=O) groups excluding carboxylic acids is 2.